The molecule has 1 heterocycles. The summed E-state index contributed by atoms with van der Waals surface area (Å²) in [7, 11) is 5.01. The van der Waals surface area contributed by atoms with Crippen molar-refractivity contribution in [3.8, 4) is 5.75 Å². The zero-order valence-corrected chi connectivity index (χ0v) is 19.5. The van der Waals surface area contributed by atoms with Gasteiger partial charge in [-0.15, -0.1) is 0 Å². The number of methoxy groups -OCH3 is 2. The predicted molar refractivity (Wildman–Crippen MR) is 127 cm³/mol. The van der Waals surface area contributed by atoms with Gasteiger partial charge in [0.1, 0.15) is 5.75 Å². The zero-order valence-electron chi connectivity index (χ0n) is 19.5. The van der Waals surface area contributed by atoms with Crippen molar-refractivity contribution < 1.29 is 19.1 Å². The molecule has 0 aromatic heterocycles. The third-order valence-corrected chi connectivity index (χ3v) is 5.44. The van der Waals surface area contributed by atoms with Crippen molar-refractivity contribution in [3.63, 3.8) is 0 Å². The molecule has 2 amide bonds. The van der Waals surface area contributed by atoms with E-state index < -0.39 is 0 Å². The highest BCUT2D eigenvalue weighted by molar-refractivity contribution is 6.03. The lowest BCUT2D eigenvalue weighted by Crippen LogP contribution is -2.41. The highest BCUT2D eigenvalue weighted by Crippen LogP contribution is 2.33. The number of likely N-dealkylation sites (N-methyl/N-ethyl adjacent to an activating group) is 1. The lowest BCUT2D eigenvalue weighted by Gasteiger charge is -2.24. The van der Waals surface area contributed by atoms with Crippen LogP contribution in [0.4, 0.5) is 0 Å². The molecule has 1 atom stereocenters. The number of benzene rings is 2. The summed E-state index contributed by atoms with van der Waals surface area (Å²) in [5, 5.41) is 9.08. The fraction of sp³-hybridized carbons (Fsp3) is 0.400. The van der Waals surface area contributed by atoms with E-state index in [1.165, 1.54) is 0 Å². The van der Waals surface area contributed by atoms with Crippen molar-refractivity contribution in [1.29, 1.82) is 0 Å². The molecule has 0 aliphatic carbocycles. The van der Waals surface area contributed by atoms with Crippen LogP contribution in [-0.2, 0) is 14.3 Å². The second-order valence-corrected chi connectivity index (χ2v) is 8.01. The molecule has 0 saturated heterocycles. The molecule has 2 aromatic rings. The molecule has 3 rings (SSSR count). The molecular weight excluding hydrogens is 420 g/mol. The van der Waals surface area contributed by atoms with Gasteiger partial charge in [0, 0.05) is 26.7 Å². The van der Waals surface area contributed by atoms with Crippen molar-refractivity contribution in [2.75, 3.05) is 47.5 Å². The second-order valence-electron chi connectivity index (χ2n) is 8.01. The summed E-state index contributed by atoms with van der Waals surface area (Å²) in [4.78, 5) is 27.1. The van der Waals surface area contributed by atoms with Crippen molar-refractivity contribution in [2.45, 2.75) is 18.9 Å². The van der Waals surface area contributed by atoms with Gasteiger partial charge in [-0.1, -0.05) is 42.5 Å². The summed E-state index contributed by atoms with van der Waals surface area (Å²) in [5.74, 6) is 0.481. The van der Waals surface area contributed by atoms with Crippen LogP contribution >= 0.6 is 0 Å². The second kappa shape index (κ2) is 12.1. The van der Waals surface area contributed by atoms with Crippen LogP contribution in [0.15, 0.2) is 59.7 Å². The Morgan fingerprint density at radius 1 is 1.09 bits per heavy atom. The standard InChI is InChI=1S/C25H32N4O4/c1-28(17-24(30)26-14-7-15-32-2)18-25(31)29-23(20-10-12-21(33-3)13-11-20)16-22(27-29)19-8-5-4-6-9-19/h4-6,8-13,23H,7,14-18H2,1-3H3,(H,26,30). The van der Waals surface area contributed by atoms with Crippen molar-refractivity contribution in [1.82, 2.24) is 15.2 Å². The third-order valence-electron chi connectivity index (χ3n) is 5.44. The Morgan fingerprint density at radius 2 is 1.82 bits per heavy atom. The first-order chi connectivity index (χ1) is 16.0. The maximum absolute atomic E-state index is 13.2. The third kappa shape index (κ3) is 6.87. The number of hydrogen-bond donors (Lipinski definition) is 1. The van der Waals surface area contributed by atoms with E-state index in [1.807, 2.05) is 54.6 Å². The molecule has 1 aliphatic rings. The monoisotopic (exact) mass is 452 g/mol. The van der Waals surface area contributed by atoms with E-state index in [9.17, 15) is 9.59 Å². The average Bonchev–Trinajstić information content (AvgIpc) is 3.28. The summed E-state index contributed by atoms with van der Waals surface area (Å²) in [5.41, 5.74) is 2.84. The maximum Gasteiger partial charge on any atom is 0.257 e. The van der Waals surface area contributed by atoms with E-state index in [1.54, 1.807) is 31.2 Å². The number of rotatable bonds is 11. The van der Waals surface area contributed by atoms with Gasteiger partial charge in [0.25, 0.3) is 5.91 Å². The molecule has 0 spiro atoms. The van der Waals surface area contributed by atoms with E-state index in [0.717, 1.165) is 29.0 Å². The highest BCUT2D eigenvalue weighted by atomic mass is 16.5. The molecule has 0 radical (unpaired) electrons. The molecule has 0 bridgehead atoms. The molecule has 1 unspecified atom stereocenters. The Hall–Kier alpha value is -3.23. The lowest BCUT2D eigenvalue weighted by atomic mass is 9.98. The normalized spacial score (nSPS) is 15.5. The van der Waals surface area contributed by atoms with Crippen molar-refractivity contribution in [2.24, 2.45) is 5.10 Å². The number of amides is 2. The summed E-state index contributed by atoms with van der Waals surface area (Å²) >= 11 is 0. The number of carbonyl (C=O) groups is 2. The quantitative estimate of drug-likeness (QED) is 0.530. The van der Waals surface area contributed by atoms with E-state index in [0.29, 0.717) is 19.6 Å². The summed E-state index contributed by atoms with van der Waals surface area (Å²) in [6.45, 7) is 1.36. The van der Waals surface area contributed by atoms with Gasteiger partial charge in [0.2, 0.25) is 5.91 Å². The Morgan fingerprint density at radius 3 is 2.48 bits per heavy atom. The van der Waals surface area contributed by atoms with E-state index in [4.69, 9.17) is 9.47 Å². The molecule has 2 aromatic carbocycles. The first kappa shape index (κ1) is 24.4. The van der Waals surface area contributed by atoms with E-state index in [2.05, 4.69) is 10.4 Å². The van der Waals surface area contributed by atoms with Crippen LogP contribution in [0.25, 0.3) is 0 Å². The van der Waals surface area contributed by atoms with Gasteiger partial charge >= 0.3 is 0 Å². The smallest absolute Gasteiger partial charge is 0.257 e. The SMILES string of the molecule is COCCCNC(=O)CN(C)CC(=O)N1N=C(c2ccccc2)CC1c1ccc(OC)cc1. The molecule has 1 N–H and O–H groups in total. The number of hydrazone groups is 1. The number of nitrogens with zero attached hydrogens (tertiary/aromatic N) is 3. The molecule has 8 nitrogen and oxygen atoms in total. The van der Waals surface area contributed by atoms with Gasteiger partial charge < -0.3 is 14.8 Å². The van der Waals surface area contributed by atoms with Gasteiger partial charge in [-0.2, -0.15) is 5.10 Å². The van der Waals surface area contributed by atoms with Gasteiger partial charge in [-0.3, -0.25) is 14.5 Å². The van der Waals surface area contributed by atoms with Crippen LogP contribution in [0.2, 0.25) is 0 Å². The van der Waals surface area contributed by atoms with Crippen LogP contribution in [0.1, 0.15) is 30.0 Å². The number of hydrogen-bond acceptors (Lipinski definition) is 6. The molecule has 176 valence electrons. The maximum atomic E-state index is 13.2. The molecule has 1 aliphatic heterocycles. The zero-order chi connectivity index (χ0) is 23.6. The van der Waals surface area contributed by atoms with Gasteiger partial charge in [0.15, 0.2) is 0 Å². The minimum absolute atomic E-state index is 0.0870. The first-order valence-electron chi connectivity index (χ1n) is 11.0. The summed E-state index contributed by atoms with van der Waals surface area (Å²) in [6, 6.07) is 17.4. The number of carbonyl (C=O) groups excluding carboxylic acids is 2. The van der Waals surface area contributed by atoms with Crippen LogP contribution in [0, 0.1) is 0 Å². The Bertz CT molecular complexity index is 947. The van der Waals surface area contributed by atoms with Crippen LogP contribution in [-0.4, -0.2) is 74.9 Å². The van der Waals surface area contributed by atoms with Crippen molar-refractivity contribution in [3.05, 3.63) is 65.7 Å². The van der Waals surface area contributed by atoms with Crippen LogP contribution < -0.4 is 10.1 Å². The fourth-order valence-electron chi connectivity index (χ4n) is 3.74. The first-order valence-corrected chi connectivity index (χ1v) is 11.0. The molecule has 8 heteroatoms. The summed E-state index contributed by atoms with van der Waals surface area (Å²) < 4.78 is 10.3. The lowest BCUT2D eigenvalue weighted by molar-refractivity contribution is -0.134. The van der Waals surface area contributed by atoms with Gasteiger partial charge in [0.05, 0.1) is 32.0 Å². The minimum atomic E-state index is -0.213. The Kier molecular flexibility index (Phi) is 8.97. The fourth-order valence-corrected chi connectivity index (χ4v) is 3.74. The van der Waals surface area contributed by atoms with Gasteiger partial charge in [-0.25, -0.2) is 5.01 Å². The molecule has 0 saturated carbocycles. The van der Waals surface area contributed by atoms with E-state index in [-0.39, 0.29) is 30.9 Å². The Balaban J connectivity index is 1.69. The minimum Gasteiger partial charge on any atom is -0.497 e. The largest absolute Gasteiger partial charge is 0.497 e. The van der Waals surface area contributed by atoms with E-state index >= 15 is 0 Å². The molecule has 0 fully saturated rings. The van der Waals surface area contributed by atoms with Gasteiger partial charge in [-0.05, 0) is 36.7 Å². The predicted octanol–water partition coefficient (Wildman–Crippen LogP) is 2.46. The number of nitrogens with one attached hydrogen (secondary N) is 1. The average molecular weight is 453 g/mol. The highest BCUT2D eigenvalue weighted by Gasteiger charge is 2.33. The molecular formula is C25H32N4O4. The topological polar surface area (TPSA) is 83.5 Å². The number of ether oxygens (including phenoxy) is 2. The summed E-state index contributed by atoms with van der Waals surface area (Å²) in [6.07, 6.45) is 1.37. The van der Waals surface area contributed by atoms with Crippen molar-refractivity contribution >= 4 is 17.5 Å². The van der Waals surface area contributed by atoms with Crippen LogP contribution in [0.5, 0.6) is 5.75 Å². The van der Waals surface area contributed by atoms with Crippen LogP contribution in [0.3, 0.4) is 0 Å². The molecule has 33 heavy (non-hydrogen) atoms. The Labute approximate surface area is 195 Å².